The Morgan fingerprint density at radius 3 is 2.94 bits per heavy atom. The number of hydrogen-bond acceptors (Lipinski definition) is 3. The molecule has 4 nitrogen and oxygen atoms in total. The topological polar surface area (TPSA) is 39.1 Å². The lowest BCUT2D eigenvalue weighted by Crippen LogP contribution is -2.17. The molecule has 1 heterocycles. The molecule has 1 rings (SSSR count). The molecule has 1 aromatic heterocycles. The number of ether oxygens (including phenoxy) is 1. The van der Waals surface area contributed by atoms with Crippen molar-refractivity contribution in [2.24, 2.45) is 0 Å². The van der Waals surface area contributed by atoms with Gasteiger partial charge in [-0.2, -0.15) is 5.10 Å². The molecule has 1 unspecified atom stereocenters. The molecule has 0 amide bonds. The first-order valence-electron chi connectivity index (χ1n) is 6.61. The van der Waals surface area contributed by atoms with Crippen LogP contribution in [-0.2, 0) is 11.3 Å². The molecule has 1 aromatic rings. The lowest BCUT2D eigenvalue weighted by molar-refractivity contribution is 0.121. The highest BCUT2D eigenvalue weighted by atomic mass is 16.5. The van der Waals surface area contributed by atoms with Crippen LogP contribution in [0.25, 0.3) is 0 Å². The van der Waals surface area contributed by atoms with Gasteiger partial charge in [0.2, 0.25) is 0 Å². The number of hydrogen-bond donors (Lipinski definition) is 1. The van der Waals surface area contributed by atoms with Crippen LogP contribution in [0.15, 0.2) is 12.4 Å². The van der Waals surface area contributed by atoms with Crippen LogP contribution in [0.2, 0.25) is 0 Å². The molecule has 0 aliphatic heterocycles. The second-order valence-corrected chi connectivity index (χ2v) is 4.28. The van der Waals surface area contributed by atoms with Crippen molar-refractivity contribution in [1.82, 2.24) is 15.1 Å². The molecule has 1 N–H and O–H groups in total. The van der Waals surface area contributed by atoms with E-state index in [9.17, 15) is 0 Å². The highest BCUT2D eigenvalue weighted by Gasteiger charge is 2.05. The van der Waals surface area contributed by atoms with Crippen molar-refractivity contribution in [2.45, 2.75) is 46.2 Å². The fourth-order valence-electron chi connectivity index (χ4n) is 1.66. The molecule has 0 saturated carbocycles. The first kappa shape index (κ1) is 14.2. The minimum absolute atomic E-state index is 0.370. The lowest BCUT2D eigenvalue weighted by Gasteiger charge is -2.08. The summed E-state index contributed by atoms with van der Waals surface area (Å²) in [7, 11) is 0. The zero-order valence-electron chi connectivity index (χ0n) is 11.3. The van der Waals surface area contributed by atoms with E-state index in [1.54, 1.807) is 0 Å². The third-order valence-corrected chi connectivity index (χ3v) is 2.77. The Morgan fingerprint density at radius 1 is 1.41 bits per heavy atom. The smallest absolute Gasteiger partial charge is 0.0662 e. The van der Waals surface area contributed by atoms with Crippen molar-refractivity contribution < 1.29 is 4.74 Å². The van der Waals surface area contributed by atoms with Gasteiger partial charge in [0.1, 0.15) is 0 Å². The average molecular weight is 239 g/mol. The minimum atomic E-state index is 0.370. The SMILES string of the molecule is CCCCOCCn1cc(C(C)NCC)cn1. The van der Waals surface area contributed by atoms with E-state index in [2.05, 4.69) is 37.4 Å². The van der Waals surface area contributed by atoms with E-state index < -0.39 is 0 Å². The van der Waals surface area contributed by atoms with Gasteiger partial charge in [0.25, 0.3) is 0 Å². The van der Waals surface area contributed by atoms with Gasteiger partial charge in [0.05, 0.1) is 19.3 Å². The highest BCUT2D eigenvalue weighted by Crippen LogP contribution is 2.10. The van der Waals surface area contributed by atoms with Crippen molar-refractivity contribution in [3.05, 3.63) is 18.0 Å². The Bertz CT molecular complexity index is 299. The fourth-order valence-corrected chi connectivity index (χ4v) is 1.66. The zero-order chi connectivity index (χ0) is 12.5. The number of nitrogens with zero attached hydrogens (tertiary/aromatic N) is 2. The molecule has 1 atom stereocenters. The maximum Gasteiger partial charge on any atom is 0.0662 e. The standard InChI is InChI=1S/C13H25N3O/c1-4-6-8-17-9-7-16-11-13(10-15-16)12(3)14-5-2/h10-12,14H,4-9H2,1-3H3. The summed E-state index contributed by atoms with van der Waals surface area (Å²) in [5.74, 6) is 0. The summed E-state index contributed by atoms with van der Waals surface area (Å²) >= 11 is 0. The van der Waals surface area contributed by atoms with Gasteiger partial charge in [-0.05, 0) is 19.9 Å². The molecule has 17 heavy (non-hydrogen) atoms. The van der Waals surface area contributed by atoms with Crippen molar-refractivity contribution in [3.63, 3.8) is 0 Å². The molecular formula is C13H25N3O. The predicted octanol–water partition coefficient (Wildman–Crippen LogP) is 2.37. The third-order valence-electron chi connectivity index (χ3n) is 2.77. The van der Waals surface area contributed by atoms with E-state index in [0.717, 1.165) is 32.7 Å². The van der Waals surface area contributed by atoms with Crippen molar-refractivity contribution in [3.8, 4) is 0 Å². The Balaban J connectivity index is 2.25. The molecule has 4 heteroatoms. The molecular weight excluding hydrogens is 214 g/mol. The molecule has 0 aliphatic rings. The third kappa shape index (κ3) is 5.33. The highest BCUT2D eigenvalue weighted by molar-refractivity contribution is 5.08. The molecule has 0 fully saturated rings. The van der Waals surface area contributed by atoms with Crippen molar-refractivity contribution in [2.75, 3.05) is 19.8 Å². The molecule has 0 saturated heterocycles. The average Bonchev–Trinajstić information content (AvgIpc) is 2.78. The predicted molar refractivity (Wildman–Crippen MR) is 70.0 cm³/mol. The summed E-state index contributed by atoms with van der Waals surface area (Å²) in [6.45, 7) is 9.86. The van der Waals surface area contributed by atoms with Gasteiger partial charge in [-0.1, -0.05) is 20.3 Å². The Kier molecular flexibility index (Phi) is 6.89. The van der Waals surface area contributed by atoms with Crippen LogP contribution in [0.5, 0.6) is 0 Å². The van der Waals surface area contributed by atoms with Gasteiger partial charge >= 0.3 is 0 Å². The second kappa shape index (κ2) is 8.25. The molecule has 0 aliphatic carbocycles. The van der Waals surface area contributed by atoms with E-state index in [1.807, 2.05) is 10.9 Å². The van der Waals surface area contributed by atoms with Crippen LogP contribution in [0, 0.1) is 0 Å². The summed E-state index contributed by atoms with van der Waals surface area (Å²) in [6, 6.07) is 0.370. The molecule has 0 bridgehead atoms. The largest absolute Gasteiger partial charge is 0.380 e. The van der Waals surface area contributed by atoms with E-state index in [1.165, 1.54) is 12.0 Å². The van der Waals surface area contributed by atoms with Gasteiger partial charge < -0.3 is 10.1 Å². The second-order valence-electron chi connectivity index (χ2n) is 4.28. The molecule has 98 valence electrons. The van der Waals surface area contributed by atoms with Crippen LogP contribution >= 0.6 is 0 Å². The quantitative estimate of drug-likeness (QED) is 0.672. The number of unbranched alkanes of at least 4 members (excludes halogenated alkanes) is 1. The van der Waals surface area contributed by atoms with E-state index in [0.29, 0.717) is 6.04 Å². The van der Waals surface area contributed by atoms with Crippen LogP contribution in [0.1, 0.15) is 45.2 Å². The van der Waals surface area contributed by atoms with E-state index in [-0.39, 0.29) is 0 Å². The van der Waals surface area contributed by atoms with Gasteiger partial charge in [-0.15, -0.1) is 0 Å². The Hall–Kier alpha value is -0.870. The summed E-state index contributed by atoms with van der Waals surface area (Å²) in [4.78, 5) is 0. The normalized spacial score (nSPS) is 12.9. The summed E-state index contributed by atoms with van der Waals surface area (Å²) in [5, 5.41) is 7.71. The maximum absolute atomic E-state index is 5.52. The van der Waals surface area contributed by atoms with Crippen LogP contribution < -0.4 is 5.32 Å². The number of aromatic nitrogens is 2. The van der Waals surface area contributed by atoms with Gasteiger partial charge in [-0.3, -0.25) is 4.68 Å². The molecule has 0 aromatic carbocycles. The van der Waals surface area contributed by atoms with E-state index >= 15 is 0 Å². The maximum atomic E-state index is 5.52. The van der Waals surface area contributed by atoms with Crippen molar-refractivity contribution in [1.29, 1.82) is 0 Å². The van der Waals surface area contributed by atoms with Crippen LogP contribution in [-0.4, -0.2) is 29.5 Å². The summed E-state index contributed by atoms with van der Waals surface area (Å²) in [5.41, 5.74) is 1.24. The zero-order valence-corrected chi connectivity index (χ0v) is 11.3. The first-order valence-corrected chi connectivity index (χ1v) is 6.61. The fraction of sp³-hybridized carbons (Fsp3) is 0.769. The first-order chi connectivity index (χ1) is 8.27. The van der Waals surface area contributed by atoms with Gasteiger partial charge in [-0.25, -0.2) is 0 Å². The Morgan fingerprint density at radius 2 is 2.24 bits per heavy atom. The van der Waals surface area contributed by atoms with Crippen LogP contribution in [0.3, 0.4) is 0 Å². The number of rotatable bonds is 9. The summed E-state index contributed by atoms with van der Waals surface area (Å²) in [6.07, 6.45) is 6.35. The van der Waals surface area contributed by atoms with Crippen LogP contribution in [0.4, 0.5) is 0 Å². The summed E-state index contributed by atoms with van der Waals surface area (Å²) < 4.78 is 7.47. The molecule has 0 spiro atoms. The lowest BCUT2D eigenvalue weighted by atomic mass is 10.2. The number of nitrogens with one attached hydrogen (secondary N) is 1. The minimum Gasteiger partial charge on any atom is -0.380 e. The Labute approximate surface area is 104 Å². The monoisotopic (exact) mass is 239 g/mol. The van der Waals surface area contributed by atoms with Gasteiger partial charge in [0, 0.05) is 24.4 Å². The van der Waals surface area contributed by atoms with Crippen molar-refractivity contribution >= 4 is 0 Å². The van der Waals surface area contributed by atoms with E-state index in [4.69, 9.17) is 4.74 Å². The molecule has 0 radical (unpaired) electrons. The van der Waals surface area contributed by atoms with Gasteiger partial charge in [0.15, 0.2) is 0 Å².